The number of aromatic nitrogens is 4. The van der Waals surface area contributed by atoms with E-state index in [1.165, 1.54) is 10.8 Å². The van der Waals surface area contributed by atoms with Crippen LogP contribution in [0.5, 0.6) is 0 Å². The van der Waals surface area contributed by atoms with Gasteiger partial charge in [-0.25, -0.2) is 14.8 Å². The first-order valence-electron chi connectivity index (χ1n) is 5.36. The first-order chi connectivity index (χ1) is 7.63. The minimum atomic E-state index is -0.273. The highest BCUT2D eigenvalue weighted by Crippen LogP contribution is 2.13. The van der Waals surface area contributed by atoms with Crippen LogP contribution in [0.4, 0.5) is 0 Å². The van der Waals surface area contributed by atoms with E-state index >= 15 is 0 Å². The molecule has 2 heterocycles. The fraction of sp³-hybridized carbons (Fsp3) is 0.455. The summed E-state index contributed by atoms with van der Waals surface area (Å²) >= 11 is 0. The second-order valence-electron chi connectivity index (χ2n) is 3.94. The van der Waals surface area contributed by atoms with Crippen LogP contribution in [0.25, 0.3) is 11.2 Å². The summed E-state index contributed by atoms with van der Waals surface area (Å²) in [6.45, 7) is 6.54. The molecule has 0 fully saturated rings. The highest BCUT2D eigenvalue weighted by atomic mass is 16.1. The molecule has 0 saturated carbocycles. The summed E-state index contributed by atoms with van der Waals surface area (Å²) in [5, 5.41) is 0. The van der Waals surface area contributed by atoms with E-state index in [4.69, 9.17) is 0 Å². The van der Waals surface area contributed by atoms with Crippen molar-refractivity contribution in [3.8, 4) is 0 Å². The van der Waals surface area contributed by atoms with Crippen LogP contribution < -0.4 is 5.69 Å². The van der Waals surface area contributed by atoms with Gasteiger partial charge < -0.3 is 0 Å². The molecule has 5 heteroatoms. The molecule has 0 spiro atoms. The standard InChI is InChI=1S/C11H14N4O/c1-4-15-10-9(6-13-11(15)16)12-5-8(14-10)7(2)3/h5-7H,4H2,1-3H3. The molecular formula is C11H14N4O. The van der Waals surface area contributed by atoms with Crippen molar-refractivity contribution >= 4 is 11.2 Å². The predicted octanol–water partition coefficient (Wildman–Crippen LogP) is 1.33. The highest BCUT2D eigenvalue weighted by molar-refractivity contribution is 5.68. The molecule has 0 aliphatic rings. The Hall–Kier alpha value is -1.78. The highest BCUT2D eigenvalue weighted by Gasteiger charge is 2.08. The number of aryl methyl sites for hydroxylation is 1. The summed E-state index contributed by atoms with van der Waals surface area (Å²) in [4.78, 5) is 24.0. The molecule has 84 valence electrons. The molecule has 0 radical (unpaired) electrons. The van der Waals surface area contributed by atoms with E-state index in [9.17, 15) is 4.79 Å². The van der Waals surface area contributed by atoms with E-state index in [0.29, 0.717) is 23.6 Å². The second-order valence-corrected chi connectivity index (χ2v) is 3.94. The minimum Gasteiger partial charge on any atom is -0.275 e. The van der Waals surface area contributed by atoms with Gasteiger partial charge in [0.25, 0.3) is 0 Å². The summed E-state index contributed by atoms with van der Waals surface area (Å²) in [6.07, 6.45) is 3.21. The van der Waals surface area contributed by atoms with Gasteiger partial charge in [-0.15, -0.1) is 0 Å². The van der Waals surface area contributed by atoms with Gasteiger partial charge in [0.15, 0.2) is 5.65 Å². The van der Waals surface area contributed by atoms with Crippen LogP contribution in [-0.4, -0.2) is 19.5 Å². The van der Waals surface area contributed by atoms with Crippen molar-refractivity contribution in [2.45, 2.75) is 33.2 Å². The smallest absolute Gasteiger partial charge is 0.275 e. The quantitative estimate of drug-likeness (QED) is 0.763. The maximum Gasteiger partial charge on any atom is 0.349 e. The summed E-state index contributed by atoms with van der Waals surface area (Å²) in [5.74, 6) is 0.297. The van der Waals surface area contributed by atoms with E-state index < -0.39 is 0 Å². The molecule has 16 heavy (non-hydrogen) atoms. The zero-order chi connectivity index (χ0) is 11.7. The van der Waals surface area contributed by atoms with Crippen LogP contribution in [0.3, 0.4) is 0 Å². The van der Waals surface area contributed by atoms with Crippen molar-refractivity contribution in [3.05, 3.63) is 28.6 Å². The Balaban J connectivity index is 2.78. The summed E-state index contributed by atoms with van der Waals surface area (Å²) in [7, 11) is 0. The molecule has 2 aromatic rings. The molecule has 5 nitrogen and oxygen atoms in total. The largest absolute Gasteiger partial charge is 0.349 e. The van der Waals surface area contributed by atoms with Gasteiger partial charge in [-0.05, 0) is 12.8 Å². The predicted molar refractivity (Wildman–Crippen MR) is 61.4 cm³/mol. The molecule has 0 unspecified atom stereocenters. The van der Waals surface area contributed by atoms with E-state index in [0.717, 1.165) is 5.69 Å². The Labute approximate surface area is 93.2 Å². The van der Waals surface area contributed by atoms with Gasteiger partial charge >= 0.3 is 5.69 Å². The topological polar surface area (TPSA) is 60.7 Å². The van der Waals surface area contributed by atoms with Crippen LogP contribution >= 0.6 is 0 Å². The first-order valence-corrected chi connectivity index (χ1v) is 5.36. The van der Waals surface area contributed by atoms with Crippen molar-refractivity contribution in [3.63, 3.8) is 0 Å². The van der Waals surface area contributed by atoms with Crippen LogP contribution in [0.15, 0.2) is 17.2 Å². The summed E-state index contributed by atoms with van der Waals surface area (Å²) in [5.41, 5.74) is 1.89. The molecule has 0 aliphatic heterocycles. The molecule has 2 aromatic heterocycles. The van der Waals surface area contributed by atoms with Crippen molar-refractivity contribution in [1.29, 1.82) is 0 Å². The van der Waals surface area contributed by atoms with E-state index in [2.05, 4.69) is 15.0 Å². The Morgan fingerprint density at radius 2 is 2.06 bits per heavy atom. The third-order valence-electron chi connectivity index (χ3n) is 2.49. The number of rotatable bonds is 2. The van der Waals surface area contributed by atoms with Gasteiger partial charge in [0.2, 0.25) is 0 Å². The third-order valence-corrected chi connectivity index (χ3v) is 2.49. The third kappa shape index (κ3) is 1.68. The van der Waals surface area contributed by atoms with Gasteiger partial charge in [-0.3, -0.25) is 4.57 Å². The average molecular weight is 218 g/mol. The average Bonchev–Trinajstić information content (AvgIpc) is 2.28. The van der Waals surface area contributed by atoms with Crippen molar-refractivity contribution in [2.75, 3.05) is 0 Å². The summed E-state index contributed by atoms with van der Waals surface area (Å²) < 4.78 is 1.54. The number of hydrogen-bond acceptors (Lipinski definition) is 4. The van der Waals surface area contributed by atoms with Crippen LogP contribution in [0, 0.1) is 0 Å². The van der Waals surface area contributed by atoms with Gasteiger partial charge in [0.05, 0.1) is 11.9 Å². The molecule has 0 bridgehead atoms. The Kier molecular flexibility index (Phi) is 2.68. The lowest BCUT2D eigenvalue weighted by Gasteiger charge is -2.08. The van der Waals surface area contributed by atoms with Gasteiger partial charge in [-0.2, -0.15) is 4.98 Å². The molecule has 0 aromatic carbocycles. The van der Waals surface area contributed by atoms with Crippen molar-refractivity contribution < 1.29 is 0 Å². The zero-order valence-corrected chi connectivity index (χ0v) is 9.64. The lowest BCUT2D eigenvalue weighted by molar-refractivity contribution is 0.711. The monoisotopic (exact) mass is 218 g/mol. The van der Waals surface area contributed by atoms with Gasteiger partial charge in [0, 0.05) is 12.7 Å². The lowest BCUT2D eigenvalue weighted by Crippen LogP contribution is -2.23. The first kappa shape index (κ1) is 10.7. The SMILES string of the molecule is CCn1c(=O)ncc2ncc(C(C)C)nc21. The van der Waals surface area contributed by atoms with Crippen LogP contribution in [0.1, 0.15) is 32.4 Å². The second kappa shape index (κ2) is 4.00. The fourth-order valence-electron chi connectivity index (χ4n) is 1.53. The minimum absolute atomic E-state index is 0.273. The molecule has 0 amide bonds. The molecule has 0 saturated heterocycles. The summed E-state index contributed by atoms with van der Waals surface area (Å²) in [6, 6.07) is 0. The maximum atomic E-state index is 11.5. The van der Waals surface area contributed by atoms with Crippen LogP contribution in [0.2, 0.25) is 0 Å². The van der Waals surface area contributed by atoms with Gasteiger partial charge in [-0.1, -0.05) is 13.8 Å². The molecular weight excluding hydrogens is 204 g/mol. The zero-order valence-electron chi connectivity index (χ0n) is 9.64. The number of fused-ring (bicyclic) bond motifs is 1. The molecule has 2 rings (SSSR count). The lowest BCUT2D eigenvalue weighted by atomic mass is 10.1. The Bertz CT molecular complexity index is 574. The van der Waals surface area contributed by atoms with Crippen LogP contribution in [-0.2, 0) is 6.54 Å². The maximum absolute atomic E-state index is 11.5. The van der Waals surface area contributed by atoms with E-state index in [-0.39, 0.29) is 5.69 Å². The molecule has 0 atom stereocenters. The van der Waals surface area contributed by atoms with E-state index in [1.807, 2.05) is 20.8 Å². The fourth-order valence-corrected chi connectivity index (χ4v) is 1.53. The van der Waals surface area contributed by atoms with Gasteiger partial charge in [0.1, 0.15) is 5.52 Å². The normalized spacial score (nSPS) is 11.2. The number of nitrogens with zero attached hydrogens (tertiary/aromatic N) is 4. The molecule has 0 N–H and O–H groups in total. The van der Waals surface area contributed by atoms with Crippen molar-refractivity contribution in [1.82, 2.24) is 19.5 Å². The van der Waals surface area contributed by atoms with Crippen molar-refractivity contribution in [2.24, 2.45) is 0 Å². The number of hydrogen-bond donors (Lipinski definition) is 0. The van der Waals surface area contributed by atoms with E-state index in [1.54, 1.807) is 6.20 Å². The molecule has 0 aliphatic carbocycles. The Morgan fingerprint density at radius 1 is 1.31 bits per heavy atom. The Morgan fingerprint density at radius 3 is 2.69 bits per heavy atom.